The molecular formula is C14H20ClFN2O. The van der Waals surface area contributed by atoms with Gasteiger partial charge in [0.25, 0.3) is 0 Å². The van der Waals surface area contributed by atoms with Crippen LogP contribution in [0.2, 0.25) is 0 Å². The van der Waals surface area contributed by atoms with E-state index in [-0.39, 0.29) is 24.1 Å². The van der Waals surface area contributed by atoms with Crippen LogP contribution < -0.4 is 10.6 Å². The smallest absolute Gasteiger partial charge is 0.230 e. The molecule has 2 rings (SSSR count). The van der Waals surface area contributed by atoms with E-state index in [1.54, 1.807) is 12.1 Å². The van der Waals surface area contributed by atoms with Crippen molar-refractivity contribution in [3.63, 3.8) is 0 Å². The molecule has 3 nitrogen and oxygen atoms in total. The van der Waals surface area contributed by atoms with Crippen LogP contribution in [0.1, 0.15) is 24.8 Å². The molecule has 0 saturated heterocycles. The summed E-state index contributed by atoms with van der Waals surface area (Å²) in [6, 6.07) is 6.28. The molecular weight excluding hydrogens is 267 g/mol. The zero-order chi connectivity index (χ0) is 13.0. The van der Waals surface area contributed by atoms with Crippen molar-refractivity contribution in [3.05, 3.63) is 35.6 Å². The van der Waals surface area contributed by atoms with E-state index in [9.17, 15) is 9.18 Å². The van der Waals surface area contributed by atoms with Crippen molar-refractivity contribution >= 4 is 18.3 Å². The maximum Gasteiger partial charge on any atom is 0.230 e. The summed E-state index contributed by atoms with van der Waals surface area (Å²) in [5.74, 6) is -0.186. The largest absolute Gasteiger partial charge is 0.355 e. The van der Waals surface area contributed by atoms with Crippen LogP contribution in [0.25, 0.3) is 0 Å². The van der Waals surface area contributed by atoms with E-state index in [1.165, 1.54) is 12.1 Å². The number of carbonyl (C=O) groups excluding carboxylic acids is 1. The Morgan fingerprint density at radius 2 is 1.89 bits per heavy atom. The second kappa shape index (κ2) is 6.87. The van der Waals surface area contributed by atoms with Gasteiger partial charge in [-0.2, -0.15) is 0 Å². The molecule has 0 bridgehead atoms. The average molecular weight is 287 g/mol. The lowest BCUT2D eigenvalue weighted by Gasteiger charge is -2.15. The third-order valence-electron chi connectivity index (χ3n) is 3.47. The second-order valence-electron chi connectivity index (χ2n) is 4.80. The number of rotatable bonds is 6. The third-order valence-corrected chi connectivity index (χ3v) is 3.47. The van der Waals surface area contributed by atoms with Gasteiger partial charge in [-0.1, -0.05) is 12.1 Å². The van der Waals surface area contributed by atoms with Crippen LogP contribution in [0.3, 0.4) is 0 Å². The van der Waals surface area contributed by atoms with E-state index >= 15 is 0 Å². The van der Waals surface area contributed by atoms with Gasteiger partial charge in [-0.15, -0.1) is 12.4 Å². The Balaban J connectivity index is 0.00000180. The Bertz CT molecular complexity index is 418. The van der Waals surface area contributed by atoms with E-state index in [0.29, 0.717) is 6.54 Å². The highest BCUT2D eigenvalue weighted by Gasteiger charge is 2.50. The minimum absolute atomic E-state index is 0. The molecule has 1 aliphatic carbocycles. The highest BCUT2D eigenvalue weighted by molar-refractivity contribution is 5.91. The lowest BCUT2D eigenvalue weighted by atomic mass is 9.95. The van der Waals surface area contributed by atoms with Crippen molar-refractivity contribution in [2.24, 2.45) is 0 Å². The topological polar surface area (TPSA) is 41.1 Å². The Kier molecular flexibility index (Phi) is 5.76. The fourth-order valence-corrected chi connectivity index (χ4v) is 2.18. The van der Waals surface area contributed by atoms with Crippen LogP contribution >= 0.6 is 12.4 Å². The quantitative estimate of drug-likeness (QED) is 0.786. The Labute approximate surface area is 119 Å². The van der Waals surface area contributed by atoms with E-state index < -0.39 is 5.41 Å². The summed E-state index contributed by atoms with van der Waals surface area (Å²) in [5.41, 5.74) is 0.530. The van der Waals surface area contributed by atoms with Gasteiger partial charge in [0.15, 0.2) is 0 Å². The van der Waals surface area contributed by atoms with Gasteiger partial charge in [0.2, 0.25) is 5.91 Å². The normalized spacial score (nSPS) is 15.5. The number of amides is 1. The zero-order valence-electron chi connectivity index (χ0n) is 11.0. The van der Waals surface area contributed by atoms with Crippen molar-refractivity contribution in [1.82, 2.24) is 10.6 Å². The number of nitrogens with one attached hydrogen (secondary N) is 2. The van der Waals surface area contributed by atoms with Gasteiger partial charge < -0.3 is 10.6 Å². The molecule has 0 atom stereocenters. The maximum atomic E-state index is 12.9. The first-order chi connectivity index (χ1) is 8.69. The van der Waals surface area contributed by atoms with Gasteiger partial charge in [0, 0.05) is 6.54 Å². The summed E-state index contributed by atoms with van der Waals surface area (Å²) in [6.45, 7) is 1.58. The van der Waals surface area contributed by atoms with Gasteiger partial charge in [0.1, 0.15) is 5.82 Å². The monoisotopic (exact) mass is 286 g/mol. The van der Waals surface area contributed by atoms with E-state index in [0.717, 1.165) is 31.4 Å². The molecule has 2 N–H and O–H groups in total. The Morgan fingerprint density at radius 3 is 2.42 bits per heavy atom. The molecule has 0 unspecified atom stereocenters. The third kappa shape index (κ3) is 3.67. The summed E-state index contributed by atoms with van der Waals surface area (Å²) in [6.07, 6.45) is 2.63. The number of carbonyl (C=O) groups is 1. The van der Waals surface area contributed by atoms with Crippen LogP contribution in [0.5, 0.6) is 0 Å². The van der Waals surface area contributed by atoms with Crippen molar-refractivity contribution in [2.75, 3.05) is 20.1 Å². The summed E-state index contributed by atoms with van der Waals surface area (Å²) in [7, 11) is 1.89. The van der Waals surface area contributed by atoms with Gasteiger partial charge in [0.05, 0.1) is 5.41 Å². The Morgan fingerprint density at radius 1 is 1.26 bits per heavy atom. The van der Waals surface area contributed by atoms with E-state index in [1.807, 2.05) is 7.05 Å². The molecule has 0 aliphatic heterocycles. The van der Waals surface area contributed by atoms with Crippen molar-refractivity contribution < 1.29 is 9.18 Å². The van der Waals surface area contributed by atoms with Crippen LogP contribution in [0, 0.1) is 5.82 Å². The zero-order valence-corrected chi connectivity index (χ0v) is 11.9. The average Bonchev–Trinajstić information content (AvgIpc) is 3.17. The second-order valence-corrected chi connectivity index (χ2v) is 4.80. The first-order valence-electron chi connectivity index (χ1n) is 6.38. The molecule has 0 spiro atoms. The first-order valence-corrected chi connectivity index (χ1v) is 6.38. The van der Waals surface area contributed by atoms with Gasteiger partial charge >= 0.3 is 0 Å². The number of hydrogen-bond donors (Lipinski definition) is 2. The standard InChI is InChI=1S/C14H19FN2O.ClH/c1-16-9-2-10-17-13(18)14(7-8-14)11-3-5-12(15)6-4-11;/h3-6,16H,2,7-10H2,1H3,(H,17,18);1H. The van der Waals surface area contributed by atoms with Gasteiger partial charge in [-0.25, -0.2) is 4.39 Å². The van der Waals surface area contributed by atoms with Crippen LogP contribution in [-0.4, -0.2) is 26.0 Å². The molecule has 0 heterocycles. The summed E-state index contributed by atoms with van der Waals surface area (Å²) in [4.78, 5) is 12.2. The molecule has 19 heavy (non-hydrogen) atoms. The predicted octanol–water partition coefficient (Wildman–Crippen LogP) is 2.00. The highest BCUT2D eigenvalue weighted by Crippen LogP contribution is 2.48. The maximum absolute atomic E-state index is 12.9. The minimum Gasteiger partial charge on any atom is -0.355 e. The number of halogens is 2. The Hall–Kier alpha value is -1.13. The molecule has 1 aromatic rings. The summed E-state index contributed by atoms with van der Waals surface area (Å²) >= 11 is 0. The molecule has 0 radical (unpaired) electrons. The van der Waals surface area contributed by atoms with Crippen LogP contribution in [-0.2, 0) is 10.2 Å². The molecule has 1 aromatic carbocycles. The molecule has 0 aromatic heterocycles. The van der Waals surface area contributed by atoms with Crippen molar-refractivity contribution in [2.45, 2.75) is 24.7 Å². The lowest BCUT2D eigenvalue weighted by molar-refractivity contribution is -0.123. The van der Waals surface area contributed by atoms with E-state index in [2.05, 4.69) is 10.6 Å². The number of benzene rings is 1. The predicted molar refractivity (Wildman–Crippen MR) is 76.1 cm³/mol. The molecule has 1 aliphatic rings. The number of hydrogen-bond acceptors (Lipinski definition) is 2. The first kappa shape index (κ1) is 15.9. The fraction of sp³-hybridized carbons (Fsp3) is 0.500. The van der Waals surface area contributed by atoms with Gasteiger partial charge in [-0.3, -0.25) is 4.79 Å². The molecule has 5 heteroatoms. The fourth-order valence-electron chi connectivity index (χ4n) is 2.18. The van der Waals surface area contributed by atoms with Gasteiger partial charge in [-0.05, 0) is 50.6 Å². The molecule has 1 amide bonds. The SMILES string of the molecule is CNCCCNC(=O)C1(c2ccc(F)cc2)CC1.Cl. The van der Waals surface area contributed by atoms with Crippen LogP contribution in [0.15, 0.2) is 24.3 Å². The van der Waals surface area contributed by atoms with Crippen molar-refractivity contribution in [1.29, 1.82) is 0 Å². The summed E-state index contributed by atoms with van der Waals surface area (Å²) in [5, 5.41) is 6.00. The van der Waals surface area contributed by atoms with Crippen molar-refractivity contribution in [3.8, 4) is 0 Å². The summed E-state index contributed by atoms with van der Waals surface area (Å²) < 4.78 is 12.9. The van der Waals surface area contributed by atoms with Crippen LogP contribution in [0.4, 0.5) is 4.39 Å². The highest BCUT2D eigenvalue weighted by atomic mass is 35.5. The minimum atomic E-state index is -0.395. The molecule has 1 saturated carbocycles. The lowest BCUT2D eigenvalue weighted by Crippen LogP contribution is -2.36. The van der Waals surface area contributed by atoms with E-state index in [4.69, 9.17) is 0 Å². The molecule has 1 fully saturated rings. The molecule has 106 valence electrons.